The van der Waals surface area contributed by atoms with Gasteiger partial charge in [0.15, 0.2) is 0 Å². The van der Waals surface area contributed by atoms with Crippen LogP contribution in [0.2, 0.25) is 5.02 Å². The quantitative estimate of drug-likeness (QED) is 0.436. The SMILES string of the molecule is CCOc1ccc(Cl)cc1/C=C(\C#N)c1ccc2ccccc2c1. The molecule has 0 unspecified atom stereocenters. The number of hydrogen-bond donors (Lipinski definition) is 0. The molecule has 2 nitrogen and oxygen atoms in total. The minimum absolute atomic E-state index is 0.556. The molecule has 0 atom stereocenters. The highest BCUT2D eigenvalue weighted by atomic mass is 35.5. The van der Waals surface area contributed by atoms with E-state index < -0.39 is 0 Å². The van der Waals surface area contributed by atoms with Gasteiger partial charge < -0.3 is 4.74 Å². The molecule has 118 valence electrons. The number of halogens is 1. The lowest BCUT2D eigenvalue weighted by Crippen LogP contribution is -1.94. The summed E-state index contributed by atoms with van der Waals surface area (Å²) in [4.78, 5) is 0. The van der Waals surface area contributed by atoms with Crippen LogP contribution in [0.5, 0.6) is 5.75 Å². The Kier molecular flexibility index (Phi) is 4.84. The summed E-state index contributed by atoms with van der Waals surface area (Å²) >= 11 is 6.10. The van der Waals surface area contributed by atoms with E-state index in [1.54, 1.807) is 6.07 Å². The first kappa shape index (κ1) is 16.1. The summed E-state index contributed by atoms with van der Waals surface area (Å²) in [6.07, 6.45) is 1.82. The fourth-order valence-corrected chi connectivity index (χ4v) is 2.79. The van der Waals surface area contributed by atoms with Crippen molar-refractivity contribution in [2.75, 3.05) is 6.61 Å². The van der Waals surface area contributed by atoms with Gasteiger partial charge in [0.1, 0.15) is 5.75 Å². The molecule has 0 saturated heterocycles. The van der Waals surface area contributed by atoms with E-state index in [1.807, 2.05) is 61.5 Å². The Morgan fingerprint density at radius 3 is 2.62 bits per heavy atom. The van der Waals surface area contributed by atoms with Crippen LogP contribution in [0.1, 0.15) is 18.1 Å². The van der Waals surface area contributed by atoms with Gasteiger partial charge in [0.2, 0.25) is 0 Å². The maximum atomic E-state index is 9.61. The van der Waals surface area contributed by atoms with Crippen LogP contribution in [-0.4, -0.2) is 6.61 Å². The molecular weight excluding hydrogens is 318 g/mol. The van der Waals surface area contributed by atoms with Gasteiger partial charge in [0.25, 0.3) is 0 Å². The van der Waals surface area contributed by atoms with E-state index in [0.29, 0.717) is 17.2 Å². The van der Waals surface area contributed by atoms with Crippen molar-refractivity contribution in [1.82, 2.24) is 0 Å². The topological polar surface area (TPSA) is 33.0 Å². The van der Waals surface area contributed by atoms with Gasteiger partial charge in [0.05, 0.1) is 18.2 Å². The van der Waals surface area contributed by atoms with E-state index in [4.69, 9.17) is 16.3 Å². The zero-order valence-electron chi connectivity index (χ0n) is 13.3. The van der Waals surface area contributed by atoms with E-state index in [9.17, 15) is 5.26 Å². The number of benzene rings is 3. The largest absolute Gasteiger partial charge is 0.493 e. The van der Waals surface area contributed by atoms with Gasteiger partial charge >= 0.3 is 0 Å². The first-order valence-corrected chi connectivity index (χ1v) is 8.12. The second kappa shape index (κ2) is 7.21. The summed E-state index contributed by atoms with van der Waals surface area (Å²) in [6, 6.07) is 21.8. The Balaban J connectivity index is 2.09. The average molecular weight is 334 g/mol. The zero-order valence-corrected chi connectivity index (χ0v) is 14.0. The van der Waals surface area contributed by atoms with Crippen LogP contribution >= 0.6 is 11.6 Å². The lowest BCUT2D eigenvalue weighted by atomic mass is 10.00. The summed E-state index contributed by atoms with van der Waals surface area (Å²) in [5.74, 6) is 0.718. The lowest BCUT2D eigenvalue weighted by Gasteiger charge is -2.09. The molecule has 0 bridgehead atoms. The lowest BCUT2D eigenvalue weighted by molar-refractivity contribution is 0.339. The highest BCUT2D eigenvalue weighted by molar-refractivity contribution is 6.30. The molecular formula is C21H16ClNO. The van der Waals surface area contributed by atoms with Gasteiger partial charge in [-0.25, -0.2) is 0 Å². The van der Waals surface area contributed by atoms with Gasteiger partial charge in [-0.15, -0.1) is 0 Å². The average Bonchev–Trinajstić information content (AvgIpc) is 2.61. The van der Waals surface area contributed by atoms with Crippen molar-refractivity contribution in [2.24, 2.45) is 0 Å². The fraction of sp³-hybridized carbons (Fsp3) is 0.0952. The van der Waals surface area contributed by atoms with Gasteiger partial charge in [0, 0.05) is 10.6 Å². The summed E-state index contributed by atoms with van der Waals surface area (Å²) in [6.45, 7) is 2.48. The highest BCUT2D eigenvalue weighted by Gasteiger charge is 2.07. The van der Waals surface area contributed by atoms with Gasteiger partial charge in [-0.05, 0) is 53.6 Å². The number of fused-ring (bicyclic) bond motifs is 1. The Morgan fingerprint density at radius 2 is 1.88 bits per heavy atom. The maximum Gasteiger partial charge on any atom is 0.126 e. The number of allylic oxidation sites excluding steroid dienone is 1. The zero-order chi connectivity index (χ0) is 16.9. The Bertz CT molecular complexity index is 953. The van der Waals surface area contributed by atoms with Crippen molar-refractivity contribution in [3.05, 3.63) is 76.8 Å². The Labute approximate surface area is 146 Å². The third-order valence-electron chi connectivity index (χ3n) is 3.75. The van der Waals surface area contributed by atoms with Gasteiger partial charge in [-0.1, -0.05) is 48.0 Å². The molecule has 3 aromatic rings. The molecule has 3 aromatic carbocycles. The summed E-state index contributed by atoms with van der Waals surface area (Å²) in [5, 5.41) is 12.5. The highest BCUT2D eigenvalue weighted by Crippen LogP contribution is 2.28. The minimum atomic E-state index is 0.556. The predicted molar refractivity (Wildman–Crippen MR) is 100 cm³/mol. The Hall–Kier alpha value is -2.76. The smallest absolute Gasteiger partial charge is 0.126 e. The van der Waals surface area contributed by atoms with Crippen LogP contribution in [0.4, 0.5) is 0 Å². The molecule has 0 radical (unpaired) electrons. The standard InChI is InChI=1S/C21H16ClNO/c1-2-24-21-10-9-20(22)13-18(21)12-19(14-23)17-8-7-15-5-3-4-6-16(15)11-17/h3-13H,2H2,1H3/b19-12+. The monoisotopic (exact) mass is 333 g/mol. The predicted octanol–water partition coefficient (Wildman–Crippen LogP) is 5.96. The van der Waals surface area contributed by atoms with Crippen LogP contribution < -0.4 is 4.74 Å². The second-order valence-electron chi connectivity index (χ2n) is 5.35. The summed E-state index contributed by atoms with van der Waals surface area (Å²) in [5.41, 5.74) is 2.25. The van der Waals surface area contributed by atoms with Gasteiger partial charge in [-0.3, -0.25) is 0 Å². The number of rotatable bonds is 4. The van der Waals surface area contributed by atoms with Crippen molar-refractivity contribution in [3.63, 3.8) is 0 Å². The second-order valence-corrected chi connectivity index (χ2v) is 5.78. The molecule has 0 aliphatic heterocycles. The van der Waals surface area contributed by atoms with Crippen LogP contribution in [0.3, 0.4) is 0 Å². The van der Waals surface area contributed by atoms with Crippen molar-refractivity contribution in [2.45, 2.75) is 6.92 Å². The van der Waals surface area contributed by atoms with Crippen LogP contribution in [0.25, 0.3) is 22.4 Å². The van der Waals surface area contributed by atoms with Crippen LogP contribution in [0, 0.1) is 11.3 Å². The summed E-state index contributed by atoms with van der Waals surface area (Å²) < 4.78 is 5.63. The molecule has 0 N–H and O–H groups in total. The van der Waals surface area contributed by atoms with Crippen LogP contribution in [0.15, 0.2) is 60.7 Å². The molecule has 0 fully saturated rings. The fourth-order valence-electron chi connectivity index (χ4n) is 2.61. The Morgan fingerprint density at radius 1 is 1.08 bits per heavy atom. The third kappa shape index (κ3) is 3.42. The molecule has 0 amide bonds. The van der Waals surface area contributed by atoms with E-state index in [1.165, 1.54) is 0 Å². The van der Waals surface area contributed by atoms with E-state index in [-0.39, 0.29) is 0 Å². The first-order chi connectivity index (χ1) is 11.7. The van der Waals surface area contributed by atoms with Gasteiger partial charge in [-0.2, -0.15) is 5.26 Å². The molecule has 24 heavy (non-hydrogen) atoms. The van der Waals surface area contributed by atoms with Crippen molar-refractivity contribution >= 4 is 34.0 Å². The minimum Gasteiger partial charge on any atom is -0.493 e. The van der Waals surface area contributed by atoms with Crippen molar-refractivity contribution < 1.29 is 4.74 Å². The number of ether oxygens (including phenoxy) is 1. The summed E-state index contributed by atoms with van der Waals surface area (Å²) in [7, 11) is 0. The maximum absolute atomic E-state index is 9.61. The third-order valence-corrected chi connectivity index (χ3v) is 3.99. The van der Waals surface area contributed by atoms with E-state index >= 15 is 0 Å². The molecule has 0 aliphatic carbocycles. The molecule has 3 heteroatoms. The number of nitriles is 1. The molecule has 0 aromatic heterocycles. The molecule has 0 heterocycles. The first-order valence-electron chi connectivity index (χ1n) is 7.74. The number of nitrogens with zero attached hydrogens (tertiary/aromatic N) is 1. The van der Waals surface area contributed by atoms with Crippen molar-refractivity contribution in [1.29, 1.82) is 5.26 Å². The van der Waals surface area contributed by atoms with E-state index in [2.05, 4.69) is 12.1 Å². The molecule has 3 rings (SSSR count). The van der Waals surface area contributed by atoms with Crippen molar-refractivity contribution in [3.8, 4) is 11.8 Å². The number of hydrogen-bond acceptors (Lipinski definition) is 2. The normalized spacial score (nSPS) is 11.3. The molecule has 0 saturated carbocycles. The molecule has 0 aliphatic rings. The van der Waals surface area contributed by atoms with Crippen LogP contribution in [-0.2, 0) is 0 Å². The van der Waals surface area contributed by atoms with E-state index in [0.717, 1.165) is 27.6 Å². The molecule has 0 spiro atoms.